The van der Waals surface area contributed by atoms with Gasteiger partial charge >= 0.3 is 12.0 Å². The molecule has 1 aromatic carbocycles. The molecule has 1 saturated heterocycles. The van der Waals surface area contributed by atoms with Gasteiger partial charge in [0.2, 0.25) is 5.91 Å². The molecule has 1 saturated carbocycles. The van der Waals surface area contributed by atoms with Crippen molar-refractivity contribution in [3.63, 3.8) is 0 Å². The van der Waals surface area contributed by atoms with E-state index in [1.807, 2.05) is 17.9 Å². The Hall–Kier alpha value is -3.27. The van der Waals surface area contributed by atoms with E-state index in [9.17, 15) is 14.4 Å². The smallest absolute Gasteiger partial charge is 0.338 e. The van der Waals surface area contributed by atoms with Crippen LogP contribution in [0.25, 0.3) is 0 Å². The first-order chi connectivity index (χ1) is 17.4. The maximum absolute atomic E-state index is 13.3. The molecule has 10 nitrogen and oxygen atoms in total. The predicted molar refractivity (Wildman–Crippen MR) is 133 cm³/mol. The monoisotopic (exact) mass is 500 g/mol. The van der Waals surface area contributed by atoms with Crippen LogP contribution in [0.15, 0.2) is 29.5 Å². The number of nitrogens with zero attached hydrogens (tertiary/aromatic N) is 3. The molecular weight excluding hydrogens is 464 g/mol. The second-order valence-electron chi connectivity index (χ2n) is 9.20. The summed E-state index contributed by atoms with van der Waals surface area (Å²) in [6.07, 6.45) is 1.99. The number of hydrogen-bond donors (Lipinski definition) is 1. The van der Waals surface area contributed by atoms with Gasteiger partial charge in [-0.3, -0.25) is 14.6 Å². The van der Waals surface area contributed by atoms with Crippen LogP contribution in [0.1, 0.15) is 38.3 Å². The normalized spacial score (nSPS) is 20.8. The van der Waals surface area contributed by atoms with E-state index in [4.69, 9.17) is 14.2 Å². The lowest BCUT2D eigenvalue weighted by Crippen LogP contribution is -2.54. The van der Waals surface area contributed by atoms with Crippen molar-refractivity contribution in [2.75, 3.05) is 60.1 Å². The van der Waals surface area contributed by atoms with Crippen molar-refractivity contribution >= 4 is 17.9 Å². The van der Waals surface area contributed by atoms with Crippen molar-refractivity contribution in [2.24, 2.45) is 5.92 Å². The molecule has 1 unspecified atom stereocenters. The van der Waals surface area contributed by atoms with Crippen LogP contribution in [0, 0.1) is 5.92 Å². The van der Waals surface area contributed by atoms with Crippen LogP contribution in [0.5, 0.6) is 11.5 Å². The fourth-order valence-corrected chi connectivity index (χ4v) is 4.87. The third kappa shape index (κ3) is 5.28. The molecule has 4 rings (SSSR count). The fourth-order valence-electron chi connectivity index (χ4n) is 4.87. The maximum atomic E-state index is 13.3. The number of rotatable bonds is 9. The highest BCUT2D eigenvalue weighted by Gasteiger charge is 2.39. The molecule has 36 heavy (non-hydrogen) atoms. The SMILES string of the molecule is CCOC(=O)C1=C(CN2CCN(C(=O)C3CC3)CC2)N(CC)C(=O)NC1c1ccc(OC)c(OC)c1. The lowest BCUT2D eigenvalue weighted by atomic mass is 9.93. The van der Waals surface area contributed by atoms with Crippen LogP contribution >= 0.6 is 0 Å². The zero-order valence-corrected chi connectivity index (χ0v) is 21.5. The van der Waals surface area contributed by atoms with E-state index in [0.29, 0.717) is 67.6 Å². The average molecular weight is 501 g/mol. The number of carbonyl (C=O) groups is 3. The minimum absolute atomic E-state index is 0.203. The molecule has 0 spiro atoms. The van der Waals surface area contributed by atoms with Gasteiger partial charge < -0.3 is 24.4 Å². The van der Waals surface area contributed by atoms with Gasteiger partial charge in [0, 0.05) is 50.9 Å². The molecule has 1 aliphatic carbocycles. The van der Waals surface area contributed by atoms with Crippen LogP contribution in [-0.4, -0.2) is 92.7 Å². The quantitative estimate of drug-likeness (QED) is 0.519. The van der Waals surface area contributed by atoms with Crippen molar-refractivity contribution < 1.29 is 28.6 Å². The Labute approximate surface area is 212 Å². The van der Waals surface area contributed by atoms with E-state index in [0.717, 1.165) is 12.8 Å². The topological polar surface area (TPSA) is 101 Å². The second kappa shape index (κ2) is 11.2. The highest BCUT2D eigenvalue weighted by atomic mass is 16.5. The Morgan fingerprint density at radius 2 is 1.72 bits per heavy atom. The second-order valence-corrected chi connectivity index (χ2v) is 9.20. The average Bonchev–Trinajstić information content (AvgIpc) is 3.74. The molecule has 0 bridgehead atoms. The van der Waals surface area contributed by atoms with Crippen LogP contribution < -0.4 is 14.8 Å². The van der Waals surface area contributed by atoms with Crippen LogP contribution in [-0.2, 0) is 14.3 Å². The number of urea groups is 1. The first-order valence-electron chi connectivity index (χ1n) is 12.6. The molecule has 1 N–H and O–H groups in total. The summed E-state index contributed by atoms with van der Waals surface area (Å²) in [5.41, 5.74) is 1.72. The van der Waals surface area contributed by atoms with Gasteiger partial charge in [-0.05, 0) is 44.4 Å². The number of methoxy groups -OCH3 is 2. The molecule has 196 valence electrons. The summed E-state index contributed by atoms with van der Waals surface area (Å²) in [5, 5.41) is 2.98. The van der Waals surface area contributed by atoms with Crippen molar-refractivity contribution in [3.8, 4) is 11.5 Å². The van der Waals surface area contributed by atoms with Gasteiger partial charge in [0.1, 0.15) is 0 Å². The number of esters is 1. The fraction of sp³-hybridized carbons (Fsp3) is 0.577. The van der Waals surface area contributed by atoms with Gasteiger partial charge in [0.25, 0.3) is 0 Å². The summed E-state index contributed by atoms with van der Waals surface area (Å²) in [6, 6.07) is 4.36. The van der Waals surface area contributed by atoms with Gasteiger partial charge in [-0.25, -0.2) is 9.59 Å². The summed E-state index contributed by atoms with van der Waals surface area (Å²) in [5.74, 6) is 1.05. The minimum atomic E-state index is -0.702. The summed E-state index contributed by atoms with van der Waals surface area (Å²) < 4.78 is 16.3. The molecule has 2 fully saturated rings. The first-order valence-corrected chi connectivity index (χ1v) is 12.6. The largest absolute Gasteiger partial charge is 0.493 e. The highest BCUT2D eigenvalue weighted by molar-refractivity contribution is 5.95. The van der Waals surface area contributed by atoms with Gasteiger partial charge in [0.15, 0.2) is 11.5 Å². The Morgan fingerprint density at radius 1 is 1.03 bits per heavy atom. The summed E-state index contributed by atoms with van der Waals surface area (Å²) in [7, 11) is 3.10. The van der Waals surface area contributed by atoms with Gasteiger partial charge in [-0.1, -0.05) is 6.07 Å². The van der Waals surface area contributed by atoms with Crippen molar-refractivity contribution in [3.05, 3.63) is 35.0 Å². The highest BCUT2D eigenvalue weighted by Crippen LogP contribution is 2.37. The Balaban J connectivity index is 1.66. The number of piperazine rings is 1. The molecule has 10 heteroatoms. The van der Waals surface area contributed by atoms with Gasteiger partial charge in [0.05, 0.1) is 32.4 Å². The Morgan fingerprint density at radius 3 is 2.31 bits per heavy atom. The molecule has 2 aliphatic heterocycles. The molecule has 0 aromatic heterocycles. The number of hydrogen-bond acceptors (Lipinski definition) is 7. The van der Waals surface area contributed by atoms with E-state index in [2.05, 4.69) is 10.2 Å². The van der Waals surface area contributed by atoms with Crippen molar-refractivity contribution in [1.82, 2.24) is 20.0 Å². The molecule has 3 aliphatic rings. The van der Waals surface area contributed by atoms with E-state index in [-0.39, 0.29) is 24.5 Å². The third-order valence-electron chi connectivity index (χ3n) is 6.97. The number of nitrogens with one attached hydrogen (secondary N) is 1. The number of ether oxygens (including phenoxy) is 3. The lowest BCUT2D eigenvalue weighted by molar-refractivity contribution is -0.139. The molecule has 1 atom stereocenters. The first kappa shape index (κ1) is 25.8. The number of benzene rings is 1. The van der Waals surface area contributed by atoms with Crippen LogP contribution in [0.3, 0.4) is 0 Å². The lowest BCUT2D eigenvalue weighted by Gasteiger charge is -2.40. The molecule has 3 amide bonds. The predicted octanol–water partition coefficient (Wildman–Crippen LogP) is 2.16. The number of likely N-dealkylation sites (N-methyl/N-ethyl adjacent to an activating group) is 1. The minimum Gasteiger partial charge on any atom is -0.493 e. The molecule has 2 heterocycles. The van der Waals surface area contributed by atoms with Crippen molar-refractivity contribution in [2.45, 2.75) is 32.7 Å². The maximum Gasteiger partial charge on any atom is 0.338 e. The van der Waals surface area contributed by atoms with Crippen molar-refractivity contribution in [1.29, 1.82) is 0 Å². The van der Waals surface area contributed by atoms with E-state index >= 15 is 0 Å². The Kier molecular flexibility index (Phi) is 8.03. The number of carbonyl (C=O) groups excluding carboxylic acids is 3. The molecule has 1 aromatic rings. The van der Waals surface area contributed by atoms with E-state index < -0.39 is 12.0 Å². The zero-order chi connectivity index (χ0) is 25.8. The van der Waals surface area contributed by atoms with E-state index in [1.54, 1.807) is 38.2 Å². The number of amides is 3. The third-order valence-corrected chi connectivity index (χ3v) is 6.97. The van der Waals surface area contributed by atoms with E-state index in [1.165, 1.54) is 0 Å². The summed E-state index contributed by atoms with van der Waals surface area (Å²) in [6.45, 7) is 7.33. The summed E-state index contributed by atoms with van der Waals surface area (Å²) >= 11 is 0. The Bertz CT molecular complexity index is 1030. The van der Waals surface area contributed by atoms with Crippen LogP contribution in [0.2, 0.25) is 0 Å². The standard InChI is InChI=1S/C26H36N4O6/c1-5-30-19(16-28-11-13-29(14-12-28)24(31)17-7-8-17)22(25(32)36-6-2)23(27-26(30)33)18-9-10-20(34-3)21(15-18)35-4/h9-10,15,17,23H,5-8,11-14,16H2,1-4H3,(H,27,33). The van der Waals surface area contributed by atoms with Gasteiger partial charge in [-0.15, -0.1) is 0 Å². The van der Waals surface area contributed by atoms with Gasteiger partial charge in [-0.2, -0.15) is 0 Å². The molecular formula is C26H36N4O6. The van der Waals surface area contributed by atoms with Crippen LogP contribution in [0.4, 0.5) is 4.79 Å². The molecule has 0 radical (unpaired) electrons. The zero-order valence-electron chi connectivity index (χ0n) is 21.5. The summed E-state index contributed by atoms with van der Waals surface area (Å²) in [4.78, 5) is 44.7.